The van der Waals surface area contributed by atoms with Gasteiger partial charge >= 0.3 is 12.3 Å². The van der Waals surface area contributed by atoms with E-state index in [9.17, 15) is 18.0 Å². The molecule has 0 aromatic heterocycles. The van der Waals surface area contributed by atoms with Crippen LogP contribution in [0.4, 0.5) is 13.2 Å². The van der Waals surface area contributed by atoms with Crippen molar-refractivity contribution in [1.82, 2.24) is 0 Å². The SMILES string of the molecule is O=C(O)/C=C/c1cc(-c2ccc(OC(F)(F)F)cc2)ccc1OCCCc1ccccc1. The number of carboxylic acid groups (broad SMARTS) is 1. The number of carbonyl (C=O) groups is 1. The van der Waals surface area contributed by atoms with Crippen LogP contribution >= 0.6 is 0 Å². The number of hydrogen-bond acceptors (Lipinski definition) is 3. The third kappa shape index (κ3) is 7.19. The zero-order valence-corrected chi connectivity index (χ0v) is 17.0. The van der Waals surface area contributed by atoms with E-state index in [1.165, 1.54) is 35.9 Å². The highest BCUT2D eigenvalue weighted by molar-refractivity contribution is 5.86. The van der Waals surface area contributed by atoms with Crippen molar-refractivity contribution in [2.75, 3.05) is 6.61 Å². The number of hydrogen-bond donors (Lipinski definition) is 1. The Bertz CT molecular complexity index is 1060. The van der Waals surface area contributed by atoms with Crippen LogP contribution in [0.5, 0.6) is 11.5 Å². The molecule has 0 aliphatic rings. The molecule has 4 nitrogen and oxygen atoms in total. The van der Waals surface area contributed by atoms with Crippen molar-refractivity contribution < 1.29 is 32.5 Å². The molecule has 3 aromatic carbocycles. The Kier molecular flexibility index (Phi) is 7.54. The molecule has 0 bridgehead atoms. The molecule has 32 heavy (non-hydrogen) atoms. The van der Waals surface area contributed by atoms with E-state index in [0.29, 0.717) is 29.0 Å². The lowest BCUT2D eigenvalue weighted by molar-refractivity contribution is -0.274. The summed E-state index contributed by atoms with van der Waals surface area (Å²) >= 11 is 0. The van der Waals surface area contributed by atoms with E-state index in [2.05, 4.69) is 4.74 Å². The van der Waals surface area contributed by atoms with Crippen LogP contribution in [-0.2, 0) is 11.2 Å². The number of alkyl halides is 3. The van der Waals surface area contributed by atoms with Gasteiger partial charge in [0, 0.05) is 11.6 Å². The largest absolute Gasteiger partial charge is 0.573 e. The summed E-state index contributed by atoms with van der Waals surface area (Å²) in [6.45, 7) is 0.450. The minimum Gasteiger partial charge on any atom is -0.493 e. The molecule has 166 valence electrons. The zero-order valence-electron chi connectivity index (χ0n) is 17.0. The second kappa shape index (κ2) is 10.5. The van der Waals surface area contributed by atoms with Crippen molar-refractivity contribution in [3.05, 3.63) is 90.0 Å². The van der Waals surface area contributed by atoms with Crippen LogP contribution in [0, 0.1) is 0 Å². The average molecular weight is 442 g/mol. The number of ether oxygens (including phenoxy) is 2. The number of rotatable bonds is 9. The Balaban J connectivity index is 1.73. The maximum Gasteiger partial charge on any atom is 0.573 e. The first-order chi connectivity index (χ1) is 15.3. The van der Waals surface area contributed by atoms with Crippen molar-refractivity contribution in [3.63, 3.8) is 0 Å². The molecule has 3 aromatic rings. The molecule has 0 atom stereocenters. The van der Waals surface area contributed by atoms with Crippen LogP contribution in [0.3, 0.4) is 0 Å². The second-order valence-electron chi connectivity index (χ2n) is 6.93. The van der Waals surface area contributed by atoms with Gasteiger partial charge < -0.3 is 14.6 Å². The fraction of sp³-hybridized carbons (Fsp3) is 0.160. The summed E-state index contributed by atoms with van der Waals surface area (Å²) in [5, 5.41) is 8.98. The topological polar surface area (TPSA) is 55.8 Å². The minimum atomic E-state index is -4.75. The lowest BCUT2D eigenvalue weighted by Crippen LogP contribution is -2.16. The highest BCUT2D eigenvalue weighted by Crippen LogP contribution is 2.30. The van der Waals surface area contributed by atoms with Crippen LogP contribution in [-0.4, -0.2) is 24.0 Å². The quantitative estimate of drug-likeness (QED) is 0.309. The molecule has 0 saturated heterocycles. The predicted octanol–water partition coefficient (Wildman–Crippen LogP) is 6.36. The van der Waals surface area contributed by atoms with Gasteiger partial charge in [0.2, 0.25) is 0 Å². The van der Waals surface area contributed by atoms with Crippen molar-refractivity contribution in [2.24, 2.45) is 0 Å². The van der Waals surface area contributed by atoms with Crippen molar-refractivity contribution >= 4 is 12.0 Å². The van der Waals surface area contributed by atoms with Gasteiger partial charge in [0.05, 0.1) is 6.61 Å². The van der Waals surface area contributed by atoms with Gasteiger partial charge in [0.1, 0.15) is 11.5 Å². The number of halogens is 3. The highest BCUT2D eigenvalue weighted by atomic mass is 19.4. The molecule has 0 amide bonds. The predicted molar refractivity (Wildman–Crippen MR) is 115 cm³/mol. The third-order valence-electron chi connectivity index (χ3n) is 4.55. The maximum absolute atomic E-state index is 12.3. The molecule has 0 unspecified atom stereocenters. The molecule has 0 spiro atoms. The Labute approximate surface area is 183 Å². The summed E-state index contributed by atoms with van der Waals surface area (Å²) in [7, 11) is 0. The normalized spacial score (nSPS) is 11.5. The monoisotopic (exact) mass is 442 g/mol. The molecule has 7 heteroatoms. The molecule has 3 rings (SSSR count). The van der Waals surface area contributed by atoms with E-state index >= 15 is 0 Å². The van der Waals surface area contributed by atoms with Gasteiger partial charge in [-0.3, -0.25) is 0 Å². The van der Waals surface area contributed by atoms with E-state index in [1.54, 1.807) is 18.2 Å². The minimum absolute atomic E-state index is 0.314. The fourth-order valence-electron chi connectivity index (χ4n) is 3.10. The van der Waals surface area contributed by atoms with Crippen LogP contribution in [0.25, 0.3) is 17.2 Å². The Morgan fingerprint density at radius 3 is 2.28 bits per heavy atom. The van der Waals surface area contributed by atoms with Gasteiger partial charge in [-0.15, -0.1) is 13.2 Å². The number of benzene rings is 3. The molecule has 0 heterocycles. The standard InChI is InChI=1S/C25H21F3O4/c26-25(27,28)32-22-12-8-19(9-13-22)20-10-14-23(21(17-20)11-15-24(29)30)31-16-4-7-18-5-2-1-3-6-18/h1-3,5-6,8-15,17H,4,7,16H2,(H,29,30)/b15-11+. The molecule has 0 aliphatic heterocycles. The Morgan fingerprint density at radius 1 is 0.938 bits per heavy atom. The number of aryl methyl sites for hydroxylation is 1. The van der Waals surface area contributed by atoms with E-state index in [-0.39, 0.29) is 5.75 Å². The first kappa shape index (κ1) is 22.9. The van der Waals surface area contributed by atoms with E-state index in [1.807, 2.05) is 30.3 Å². The smallest absolute Gasteiger partial charge is 0.493 e. The van der Waals surface area contributed by atoms with Gasteiger partial charge in [0.15, 0.2) is 0 Å². The Morgan fingerprint density at radius 2 is 1.62 bits per heavy atom. The van der Waals surface area contributed by atoms with Crippen molar-refractivity contribution in [3.8, 4) is 22.6 Å². The van der Waals surface area contributed by atoms with E-state index in [0.717, 1.165) is 18.9 Å². The summed E-state index contributed by atoms with van der Waals surface area (Å²) in [5.41, 5.74) is 3.11. The molecule has 0 aliphatic carbocycles. The summed E-state index contributed by atoms with van der Waals surface area (Å²) < 4.78 is 46.8. The van der Waals surface area contributed by atoms with Crippen molar-refractivity contribution in [2.45, 2.75) is 19.2 Å². The van der Waals surface area contributed by atoms with Gasteiger partial charge in [-0.2, -0.15) is 0 Å². The molecule has 1 N–H and O–H groups in total. The molecular formula is C25H21F3O4. The van der Waals surface area contributed by atoms with Gasteiger partial charge in [0.25, 0.3) is 0 Å². The van der Waals surface area contributed by atoms with Gasteiger partial charge in [-0.25, -0.2) is 4.79 Å². The molecular weight excluding hydrogens is 421 g/mol. The van der Waals surface area contributed by atoms with Crippen molar-refractivity contribution in [1.29, 1.82) is 0 Å². The average Bonchev–Trinajstić information content (AvgIpc) is 2.76. The lowest BCUT2D eigenvalue weighted by Gasteiger charge is -2.12. The first-order valence-electron chi connectivity index (χ1n) is 9.88. The molecule has 0 fully saturated rings. The summed E-state index contributed by atoms with van der Waals surface area (Å²) in [4.78, 5) is 11.0. The fourth-order valence-corrected chi connectivity index (χ4v) is 3.10. The van der Waals surface area contributed by atoms with E-state index < -0.39 is 12.3 Å². The summed E-state index contributed by atoms with van der Waals surface area (Å²) in [6, 6.07) is 20.7. The van der Waals surface area contributed by atoms with Gasteiger partial charge in [-0.1, -0.05) is 48.5 Å². The summed E-state index contributed by atoms with van der Waals surface area (Å²) in [5.74, 6) is -0.888. The Hall–Kier alpha value is -3.74. The maximum atomic E-state index is 12.3. The summed E-state index contributed by atoms with van der Waals surface area (Å²) in [6.07, 6.45) is -0.675. The van der Waals surface area contributed by atoms with Crippen LogP contribution in [0.2, 0.25) is 0 Å². The third-order valence-corrected chi connectivity index (χ3v) is 4.55. The number of aliphatic carboxylic acids is 1. The molecule has 0 saturated carbocycles. The van der Waals surface area contributed by atoms with Crippen LogP contribution in [0.1, 0.15) is 17.5 Å². The van der Waals surface area contributed by atoms with Gasteiger partial charge in [-0.05, 0) is 59.9 Å². The van der Waals surface area contributed by atoms with E-state index in [4.69, 9.17) is 9.84 Å². The zero-order chi connectivity index (χ0) is 23.0. The highest BCUT2D eigenvalue weighted by Gasteiger charge is 2.30. The van der Waals surface area contributed by atoms with Crippen LogP contribution < -0.4 is 9.47 Å². The van der Waals surface area contributed by atoms with Crippen LogP contribution in [0.15, 0.2) is 78.9 Å². The lowest BCUT2D eigenvalue weighted by atomic mass is 10.0. The molecule has 0 radical (unpaired) electrons. The number of carboxylic acids is 1. The second-order valence-corrected chi connectivity index (χ2v) is 6.93. The first-order valence-corrected chi connectivity index (χ1v) is 9.88.